The minimum absolute atomic E-state index is 0.0353. The van der Waals surface area contributed by atoms with E-state index in [9.17, 15) is 52.7 Å². The Kier molecular flexibility index (Phi) is 8.39. The molecule has 2 nitrogen and oxygen atoms in total. The van der Waals surface area contributed by atoms with Gasteiger partial charge in [0.15, 0.2) is 0 Å². The number of hydrogen-bond acceptors (Lipinski definition) is 3. The Morgan fingerprint density at radius 3 is 1.19 bits per heavy atom. The molecule has 1 heterocycles. The van der Waals surface area contributed by atoms with E-state index >= 15 is 0 Å². The van der Waals surface area contributed by atoms with Crippen LogP contribution in [0.15, 0.2) is 36.4 Å². The molecule has 0 radical (unpaired) electrons. The Hall–Kier alpha value is -1.40. The van der Waals surface area contributed by atoms with Crippen LogP contribution in [0.5, 0.6) is 0 Å². The van der Waals surface area contributed by atoms with E-state index in [-0.39, 0.29) is 55.8 Å². The first-order chi connectivity index (χ1) is 16.8. The van der Waals surface area contributed by atoms with Gasteiger partial charge in [-0.15, -0.1) is 0 Å². The van der Waals surface area contributed by atoms with Gasteiger partial charge in [-0.25, -0.2) is 0 Å². The summed E-state index contributed by atoms with van der Waals surface area (Å²) in [4.78, 5) is 0. The molecule has 1 atom stereocenters. The maximum Gasteiger partial charge on any atom is 0.416 e. The Labute approximate surface area is 217 Å². The highest BCUT2D eigenvalue weighted by atomic mass is 127. The average Bonchev–Trinajstić information content (AvgIpc) is 3.29. The van der Waals surface area contributed by atoms with Crippen molar-refractivity contribution >= 4 is 30.4 Å². The molecule has 206 valence electrons. The van der Waals surface area contributed by atoms with Gasteiger partial charge in [0, 0.05) is 27.2 Å². The molecule has 1 unspecified atom stereocenters. The van der Waals surface area contributed by atoms with Gasteiger partial charge in [-0.3, -0.25) is 4.18 Å². The topological polar surface area (TPSA) is 21.3 Å². The first kappa shape index (κ1) is 30.1. The average molecular weight is 683 g/mol. The fourth-order valence-corrected chi connectivity index (χ4v) is 5.40. The predicted molar refractivity (Wildman–Crippen MR) is 117 cm³/mol. The highest BCUT2D eigenvalue weighted by molar-refractivity contribution is 14.2. The lowest BCUT2D eigenvalue weighted by atomic mass is 9.77. The van der Waals surface area contributed by atoms with Gasteiger partial charge in [0.05, 0.1) is 31.5 Å². The highest BCUT2D eigenvalue weighted by Crippen LogP contribution is 2.49. The van der Waals surface area contributed by atoms with Gasteiger partial charge < -0.3 is 5.32 Å². The normalized spacial score (nSPS) is 17.9. The summed E-state index contributed by atoms with van der Waals surface area (Å²) in [6, 6.07) is -0.679. The number of halogens is 13. The number of nitrogens with one attached hydrogen (secondary N) is 1. The molecule has 0 aromatic heterocycles. The van der Waals surface area contributed by atoms with Crippen LogP contribution in [0.25, 0.3) is 0 Å². The van der Waals surface area contributed by atoms with Crippen molar-refractivity contribution in [2.75, 3.05) is 6.54 Å². The quantitative estimate of drug-likeness (QED) is 0.194. The zero-order valence-electron chi connectivity index (χ0n) is 17.9. The van der Waals surface area contributed by atoms with E-state index in [1.54, 1.807) is 0 Å². The molecule has 3 rings (SSSR count). The van der Waals surface area contributed by atoms with Gasteiger partial charge in [0.1, 0.15) is 5.60 Å². The van der Waals surface area contributed by atoms with Crippen LogP contribution in [0.3, 0.4) is 0 Å². The first-order valence-corrected chi connectivity index (χ1v) is 13.4. The van der Waals surface area contributed by atoms with Crippen molar-refractivity contribution < 1.29 is 56.9 Å². The van der Waals surface area contributed by atoms with E-state index in [1.165, 1.54) is 21.2 Å². The van der Waals surface area contributed by atoms with Gasteiger partial charge >= 0.3 is 24.7 Å². The van der Waals surface area contributed by atoms with E-state index in [1.807, 2.05) is 0 Å². The third-order valence-electron chi connectivity index (χ3n) is 5.75. The summed E-state index contributed by atoms with van der Waals surface area (Å²) < 4.78 is 169. The fraction of sp³-hybridized carbons (Fsp3) is 0.429. The second-order valence-electron chi connectivity index (χ2n) is 8.12. The highest BCUT2D eigenvalue weighted by Gasteiger charge is 2.50. The maximum atomic E-state index is 13.6. The molecular formula is C21H14F12INOS. The van der Waals surface area contributed by atoms with Crippen molar-refractivity contribution in [1.29, 1.82) is 0 Å². The van der Waals surface area contributed by atoms with Gasteiger partial charge in [0.25, 0.3) is 0 Å². The number of hydrogen-bond donors (Lipinski definition) is 1. The van der Waals surface area contributed by atoms with Crippen molar-refractivity contribution in [2.24, 2.45) is 0 Å². The molecule has 0 aliphatic carbocycles. The standard InChI is InChI=1S/C21H14F12INOS/c22-18(23,24)12-4-10(5-13(8-12)19(25,26)27)17(36-37-34,16-2-1-3-35-16)11-6-14(20(28,29)30)9-15(7-11)21(31,32)33/h4-9,16,35H,1-3H2. The van der Waals surface area contributed by atoms with Gasteiger partial charge in [-0.1, -0.05) is 0 Å². The molecule has 0 spiro atoms. The molecule has 1 aliphatic heterocycles. The largest absolute Gasteiger partial charge is 0.416 e. The molecule has 0 saturated carbocycles. The van der Waals surface area contributed by atoms with Crippen molar-refractivity contribution in [3.8, 4) is 0 Å². The summed E-state index contributed by atoms with van der Waals surface area (Å²) in [5.74, 6) is 0. The first-order valence-electron chi connectivity index (χ1n) is 10.1. The Balaban J connectivity index is 2.49. The number of alkyl halides is 12. The summed E-state index contributed by atoms with van der Waals surface area (Å²) in [6.45, 7) is 0.137. The van der Waals surface area contributed by atoms with E-state index < -0.39 is 69.7 Å². The van der Waals surface area contributed by atoms with Gasteiger partial charge in [-0.2, -0.15) is 52.7 Å². The predicted octanol–water partition coefficient (Wildman–Crippen LogP) is 8.77. The minimum Gasteiger partial charge on any atom is -0.311 e. The molecule has 0 amide bonds. The SMILES string of the molecule is FC(F)(F)c1cc(C(F)(F)F)cc(C(OSI)(c2cc(C(F)(F)F)cc(C(F)(F)F)c2)C2CCCN2)c1. The van der Waals surface area contributed by atoms with E-state index in [0.717, 1.165) is 0 Å². The lowest BCUT2D eigenvalue weighted by molar-refractivity contribution is -0.144. The lowest BCUT2D eigenvalue weighted by Gasteiger charge is -2.39. The minimum atomic E-state index is -5.33. The van der Waals surface area contributed by atoms with E-state index in [4.69, 9.17) is 4.18 Å². The monoisotopic (exact) mass is 683 g/mol. The summed E-state index contributed by atoms with van der Waals surface area (Å²) in [5, 5.41) is 2.75. The van der Waals surface area contributed by atoms with E-state index in [0.29, 0.717) is 9.21 Å². The third kappa shape index (κ3) is 6.43. The van der Waals surface area contributed by atoms with Crippen LogP contribution in [0.4, 0.5) is 52.7 Å². The zero-order valence-corrected chi connectivity index (χ0v) is 20.9. The zero-order chi connectivity index (χ0) is 28.0. The van der Waals surface area contributed by atoms with Crippen molar-refractivity contribution in [1.82, 2.24) is 5.32 Å². The molecule has 16 heteroatoms. The van der Waals surface area contributed by atoms with Crippen LogP contribution < -0.4 is 5.32 Å². The summed E-state index contributed by atoms with van der Waals surface area (Å²) in [6.07, 6.45) is -21.1. The molecule has 2 aromatic rings. The van der Waals surface area contributed by atoms with Crippen molar-refractivity contribution in [2.45, 2.75) is 49.2 Å². The van der Waals surface area contributed by atoms with Crippen LogP contribution in [-0.2, 0) is 34.5 Å². The fourth-order valence-electron chi connectivity index (χ4n) is 4.14. The molecule has 1 aliphatic rings. The second-order valence-corrected chi connectivity index (χ2v) is 9.49. The maximum absolute atomic E-state index is 13.6. The second kappa shape index (κ2) is 10.3. The Bertz CT molecular complexity index is 980. The molecule has 37 heavy (non-hydrogen) atoms. The van der Waals surface area contributed by atoms with Crippen molar-refractivity contribution in [3.63, 3.8) is 0 Å². The molecule has 0 bridgehead atoms. The lowest BCUT2D eigenvalue weighted by Crippen LogP contribution is -2.47. The van der Waals surface area contributed by atoms with Crippen LogP contribution >= 0.6 is 30.4 Å². The number of rotatable bonds is 5. The van der Waals surface area contributed by atoms with Crippen LogP contribution in [-0.4, -0.2) is 12.6 Å². The van der Waals surface area contributed by atoms with E-state index in [2.05, 4.69) is 5.32 Å². The molecule has 1 fully saturated rings. The van der Waals surface area contributed by atoms with Crippen LogP contribution in [0.2, 0.25) is 0 Å². The van der Waals surface area contributed by atoms with Gasteiger partial charge in [-0.05, 0) is 66.9 Å². The third-order valence-corrected chi connectivity index (χ3v) is 6.61. The molecule has 2 aromatic carbocycles. The van der Waals surface area contributed by atoms with Crippen LogP contribution in [0, 0.1) is 0 Å². The van der Waals surface area contributed by atoms with Crippen molar-refractivity contribution in [3.05, 3.63) is 69.8 Å². The number of benzene rings is 2. The smallest absolute Gasteiger partial charge is 0.311 e. The van der Waals surface area contributed by atoms with Crippen LogP contribution in [0.1, 0.15) is 46.2 Å². The summed E-state index contributed by atoms with van der Waals surface area (Å²) in [7, 11) is 0.344. The summed E-state index contributed by atoms with van der Waals surface area (Å²) in [5.41, 5.74) is -11.6. The molecule has 1 saturated heterocycles. The summed E-state index contributed by atoms with van der Waals surface area (Å²) >= 11 is 1.43. The Morgan fingerprint density at radius 2 is 0.946 bits per heavy atom. The Morgan fingerprint density at radius 1 is 0.622 bits per heavy atom. The van der Waals surface area contributed by atoms with Gasteiger partial charge in [0.2, 0.25) is 0 Å². The molecular weight excluding hydrogens is 669 g/mol. The molecule has 1 N–H and O–H groups in total.